The van der Waals surface area contributed by atoms with E-state index in [1.54, 1.807) is 42.4 Å². The van der Waals surface area contributed by atoms with Crippen LogP contribution in [0.5, 0.6) is 11.5 Å². The van der Waals surface area contributed by atoms with Gasteiger partial charge in [0.25, 0.3) is 0 Å². The molecule has 0 saturated carbocycles. The van der Waals surface area contributed by atoms with E-state index < -0.39 is 0 Å². The number of rotatable bonds is 7. The molecule has 3 aromatic rings. The average molecular weight is 446 g/mol. The lowest BCUT2D eigenvalue weighted by atomic mass is 10.2. The lowest BCUT2D eigenvalue weighted by Gasteiger charge is -2.15. The molecule has 2 N–H and O–H groups in total. The van der Waals surface area contributed by atoms with Crippen LogP contribution in [0.25, 0.3) is 0 Å². The van der Waals surface area contributed by atoms with Gasteiger partial charge in [-0.1, -0.05) is 40.9 Å². The number of hydrogen-bond acceptors (Lipinski definition) is 5. The molecule has 0 aliphatic carbocycles. The highest BCUT2D eigenvalue weighted by molar-refractivity contribution is 7.71. The molecule has 1 heterocycles. The Bertz CT molecular complexity index is 1010. The van der Waals surface area contributed by atoms with Gasteiger partial charge >= 0.3 is 0 Å². The predicted octanol–water partition coefficient (Wildman–Crippen LogP) is 5.23. The van der Waals surface area contributed by atoms with Crippen LogP contribution in [0.1, 0.15) is 11.1 Å². The Morgan fingerprint density at radius 1 is 1.11 bits per heavy atom. The number of aromatic nitrogens is 3. The summed E-state index contributed by atoms with van der Waals surface area (Å²) in [5.41, 5.74) is 4.72. The van der Waals surface area contributed by atoms with Crippen molar-refractivity contribution in [3.05, 3.63) is 67.6 Å². The van der Waals surface area contributed by atoms with E-state index in [1.807, 2.05) is 6.07 Å². The number of benzene rings is 2. The molecule has 1 aromatic heterocycles. The number of halogens is 3. The smallest absolute Gasteiger partial charge is 0.214 e. The molecule has 0 fully saturated rings. The van der Waals surface area contributed by atoms with Crippen molar-refractivity contribution in [3.8, 4) is 11.5 Å². The summed E-state index contributed by atoms with van der Waals surface area (Å²) in [7, 11) is 1.56. The summed E-state index contributed by atoms with van der Waals surface area (Å²) in [5.74, 6) is 1.06. The quantitative estimate of drug-likeness (QED) is 0.487. The highest BCUT2D eigenvalue weighted by Crippen LogP contribution is 2.34. The highest BCUT2D eigenvalue weighted by Gasteiger charge is 2.12. The molecule has 0 saturated heterocycles. The lowest BCUT2D eigenvalue weighted by Crippen LogP contribution is -2.13. The fraction of sp³-hybridized carbons (Fsp3) is 0.176. The van der Waals surface area contributed by atoms with Crippen LogP contribution in [0.15, 0.2) is 36.7 Å². The molecule has 0 radical (unpaired) electrons. The fourth-order valence-corrected chi connectivity index (χ4v) is 3.16. The molecular formula is C17H15Cl3N4O2S. The number of H-pyrrole nitrogens is 1. The summed E-state index contributed by atoms with van der Waals surface area (Å²) < 4.78 is 13.3. The molecule has 0 aliphatic heterocycles. The van der Waals surface area contributed by atoms with Crippen molar-refractivity contribution < 1.29 is 9.47 Å². The monoisotopic (exact) mass is 444 g/mol. The second-order valence-corrected chi connectivity index (χ2v) is 7.12. The summed E-state index contributed by atoms with van der Waals surface area (Å²) >= 11 is 23.6. The minimum absolute atomic E-state index is 0.254. The number of ether oxygens (including phenoxy) is 2. The van der Waals surface area contributed by atoms with Crippen LogP contribution in [-0.4, -0.2) is 22.0 Å². The molecule has 2 aromatic carbocycles. The fourth-order valence-electron chi connectivity index (χ4n) is 2.31. The summed E-state index contributed by atoms with van der Waals surface area (Å²) in [4.78, 5) is 0. The summed E-state index contributed by atoms with van der Waals surface area (Å²) in [5, 5.41) is 8.13. The van der Waals surface area contributed by atoms with Gasteiger partial charge in [-0.3, -0.25) is 5.10 Å². The van der Waals surface area contributed by atoms with Gasteiger partial charge in [0, 0.05) is 26.7 Å². The van der Waals surface area contributed by atoms with Gasteiger partial charge in [0.2, 0.25) is 4.77 Å². The normalized spacial score (nSPS) is 10.7. The first-order valence-corrected chi connectivity index (χ1v) is 9.31. The maximum Gasteiger partial charge on any atom is 0.214 e. The molecule has 6 nitrogen and oxygen atoms in total. The molecule has 142 valence electrons. The highest BCUT2D eigenvalue weighted by atomic mass is 35.5. The Morgan fingerprint density at radius 2 is 1.89 bits per heavy atom. The third-order valence-corrected chi connectivity index (χ3v) is 4.95. The molecule has 10 heteroatoms. The van der Waals surface area contributed by atoms with Crippen molar-refractivity contribution in [1.29, 1.82) is 0 Å². The first kappa shape index (κ1) is 19.8. The van der Waals surface area contributed by atoms with Gasteiger partial charge in [0.1, 0.15) is 12.9 Å². The van der Waals surface area contributed by atoms with Crippen LogP contribution in [0.2, 0.25) is 15.1 Å². The van der Waals surface area contributed by atoms with E-state index in [9.17, 15) is 0 Å². The summed E-state index contributed by atoms with van der Waals surface area (Å²) in [6.07, 6.45) is 1.54. The van der Waals surface area contributed by atoms with Gasteiger partial charge in [0.15, 0.2) is 11.5 Å². The maximum atomic E-state index is 6.39. The van der Waals surface area contributed by atoms with Crippen molar-refractivity contribution >= 4 is 47.0 Å². The minimum Gasteiger partial charge on any atom is -0.493 e. The van der Waals surface area contributed by atoms with E-state index in [4.69, 9.17) is 56.5 Å². The Balaban J connectivity index is 1.75. The first-order chi connectivity index (χ1) is 13.0. The van der Waals surface area contributed by atoms with E-state index in [2.05, 4.69) is 15.6 Å². The van der Waals surface area contributed by atoms with Crippen LogP contribution < -0.4 is 14.9 Å². The zero-order valence-electron chi connectivity index (χ0n) is 14.1. The Morgan fingerprint density at radius 3 is 2.56 bits per heavy atom. The van der Waals surface area contributed by atoms with E-state index in [-0.39, 0.29) is 6.61 Å². The van der Waals surface area contributed by atoms with E-state index in [0.29, 0.717) is 37.9 Å². The topological polar surface area (TPSA) is 64.1 Å². The molecule has 0 unspecified atom stereocenters. The average Bonchev–Trinajstić information content (AvgIpc) is 3.05. The number of nitrogens with one attached hydrogen (secondary N) is 2. The van der Waals surface area contributed by atoms with Crippen LogP contribution in [0.3, 0.4) is 0 Å². The standard InChI is InChI=1S/C17H15Cl3N4O2S/c1-25-15-4-11(7-22-24-9-21-23-17(24)27)14(20)6-16(15)26-8-10-2-3-12(18)5-13(10)19/h2-6,9,22H,7-8H2,1H3,(H,23,27). The Kier molecular flexibility index (Phi) is 6.49. The Labute approximate surface area is 175 Å². The molecular weight excluding hydrogens is 431 g/mol. The second kappa shape index (κ2) is 8.84. The van der Waals surface area contributed by atoms with E-state index in [1.165, 1.54) is 0 Å². The van der Waals surface area contributed by atoms with Crippen molar-refractivity contribution in [2.75, 3.05) is 12.5 Å². The maximum absolute atomic E-state index is 6.39. The van der Waals surface area contributed by atoms with Crippen LogP contribution in [-0.2, 0) is 13.2 Å². The zero-order chi connectivity index (χ0) is 19.4. The van der Waals surface area contributed by atoms with Gasteiger partial charge in [-0.15, -0.1) is 0 Å². The first-order valence-electron chi connectivity index (χ1n) is 7.77. The van der Waals surface area contributed by atoms with Crippen molar-refractivity contribution in [2.24, 2.45) is 0 Å². The molecule has 0 bridgehead atoms. The minimum atomic E-state index is 0.254. The molecule has 0 atom stereocenters. The van der Waals surface area contributed by atoms with Gasteiger partial charge in [-0.25, -0.2) is 4.68 Å². The number of aromatic amines is 1. The molecule has 3 rings (SSSR count). The summed E-state index contributed by atoms with van der Waals surface area (Å²) in [6, 6.07) is 8.74. The van der Waals surface area contributed by atoms with Gasteiger partial charge in [-0.2, -0.15) is 5.10 Å². The van der Waals surface area contributed by atoms with Crippen molar-refractivity contribution in [2.45, 2.75) is 13.2 Å². The van der Waals surface area contributed by atoms with Crippen molar-refractivity contribution in [3.63, 3.8) is 0 Å². The molecule has 0 spiro atoms. The van der Waals surface area contributed by atoms with Crippen LogP contribution >= 0.6 is 47.0 Å². The number of hydrogen-bond donors (Lipinski definition) is 2. The Hall–Kier alpha value is -1.93. The zero-order valence-corrected chi connectivity index (χ0v) is 17.2. The predicted molar refractivity (Wildman–Crippen MR) is 109 cm³/mol. The van der Waals surface area contributed by atoms with E-state index in [0.717, 1.165) is 11.1 Å². The number of nitrogens with zero attached hydrogens (tertiary/aromatic N) is 2. The van der Waals surface area contributed by atoms with Crippen LogP contribution in [0, 0.1) is 4.77 Å². The van der Waals surface area contributed by atoms with Crippen molar-refractivity contribution in [1.82, 2.24) is 14.9 Å². The number of methoxy groups -OCH3 is 1. The molecule has 0 aliphatic rings. The second-order valence-electron chi connectivity index (χ2n) is 5.49. The molecule has 0 amide bonds. The molecule has 27 heavy (non-hydrogen) atoms. The SMILES string of the molecule is COc1cc(CNn2cn[nH]c2=S)c(Cl)cc1OCc1ccc(Cl)cc1Cl. The third-order valence-electron chi connectivity index (χ3n) is 3.72. The third kappa shape index (κ3) is 4.87. The largest absolute Gasteiger partial charge is 0.493 e. The van der Waals surface area contributed by atoms with Gasteiger partial charge < -0.3 is 14.9 Å². The van der Waals surface area contributed by atoms with Gasteiger partial charge in [-0.05, 0) is 36.0 Å². The summed E-state index contributed by atoms with van der Waals surface area (Å²) in [6.45, 7) is 0.677. The van der Waals surface area contributed by atoms with E-state index >= 15 is 0 Å². The van der Waals surface area contributed by atoms with Crippen LogP contribution in [0.4, 0.5) is 0 Å². The lowest BCUT2D eigenvalue weighted by molar-refractivity contribution is 0.284. The van der Waals surface area contributed by atoms with Gasteiger partial charge in [0.05, 0.1) is 13.7 Å².